The first-order chi connectivity index (χ1) is 19.9. The quantitative estimate of drug-likeness (QED) is 0.321. The number of benzene rings is 3. The van der Waals surface area contributed by atoms with Crippen LogP contribution in [0, 0.1) is 18.8 Å². The van der Waals surface area contributed by atoms with Crippen molar-refractivity contribution in [2.45, 2.75) is 24.9 Å². The van der Waals surface area contributed by atoms with Crippen molar-refractivity contribution in [1.29, 1.82) is 0 Å². The molecule has 0 bridgehead atoms. The third-order valence-electron chi connectivity index (χ3n) is 8.88. The van der Waals surface area contributed by atoms with E-state index in [4.69, 9.17) is 21.1 Å². The van der Waals surface area contributed by atoms with Gasteiger partial charge in [0.05, 0.1) is 17.5 Å². The van der Waals surface area contributed by atoms with Crippen LogP contribution in [0.15, 0.2) is 60.8 Å². The number of imide groups is 1. The average Bonchev–Trinajstić information content (AvgIpc) is 3.68. The monoisotopic (exact) mass is 568 g/mol. The molecule has 3 N–H and O–H groups in total. The highest BCUT2D eigenvalue weighted by atomic mass is 35.5. The van der Waals surface area contributed by atoms with Crippen LogP contribution in [-0.4, -0.2) is 42.0 Å². The van der Waals surface area contributed by atoms with Gasteiger partial charge in [-0.05, 0) is 54.8 Å². The minimum Gasteiger partial charge on any atom is -0.486 e. The van der Waals surface area contributed by atoms with Gasteiger partial charge < -0.3 is 19.8 Å². The number of fused-ring (bicyclic) bond motifs is 6. The Kier molecular flexibility index (Phi) is 5.12. The van der Waals surface area contributed by atoms with Gasteiger partial charge >= 0.3 is 0 Å². The summed E-state index contributed by atoms with van der Waals surface area (Å²) in [5.74, 6) is -1.89. The van der Waals surface area contributed by atoms with Gasteiger partial charge in [-0.2, -0.15) is 0 Å². The zero-order valence-corrected chi connectivity index (χ0v) is 22.7. The number of carbonyl (C=O) groups is 3. The largest absolute Gasteiger partial charge is 0.486 e. The summed E-state index contributed by atoms with van der Waals surface area (Å²) in [6, 6.07) is 16.0. The maximum absolute atomic E-state index is 14.4. The van der Waals surface area contributed by atoms with Gasteiger partial charge in [0.25, 0.3) is 0 Å². The molecule has 4 aromatic rings. The Hall–Kier alpha value is -4.34. The molecule has 2 saturated heterocycles. The number of amides is 3. The van der Waals surface area contributed by atoms with Crippen molar-refractivity contribution in [3.05, 3.63) is 82.5 Å². The third kappa shape index (κ3) is 3.30. The molecule has 41 heavy (non-hydrogen) atoms. The number of rotatable bonds is 3. The van der Waals surface area contributed by atoms with Crippen LogP contribution in [-0.2, 0) is 26.3 Å². The van der Waals surface area contributed by atoms with E-state index >= 15 is 0 Å². The van der Waals surface area contributed by atoms with Gasteiger partial charge in [-0.25, -0.2) is 4.90 Å². The molecule has 0 saturated carbocycles. The third-order valence-corrected chi connectivity index (χ3v) is 9.10. The lowest BCUT2D eigenvalue weighted by Crippen LogP contribution is -2.53. The average molecular weight is 569 g/mol. The van der Waals surface area contributed by atoms with Crippen LogP contribution in [0.4, 0.5) is 11.4 Å². The van der Waals surface area contributed by atoms with Crippen LogP contribution in [0.1, 0.15) is 16.7 Å². The molecule has 1 spiro atoms. The second-order valence-corrected chi connectivity index (χ2v) is 11.5. The topological polar surface area (TPSA) is 113 Å². The van der Waals surface area contributed by atoms with Crippen LogP contribution in [0.3, 0.4) is 0 Å². The number of ether oxygens (including phenoxy) is 2. The lowest BCUT2D eigenvalue weighted by molar-refractivity contribution is -0.130. The van der Waals surface area contributed by atoms with Gasteiger partial charge in [0, 0.05) is 45.5 Å². The fourth-order valence-corrected chi connectivity index (χ4v) is 7.44. The molecule has 10 heteroatoms. The summed E-state index contributed by atoms with van der Waals surface area (Å²) in [6.07, 6.45) is 2.36. The number of aromatic amines is 1. The van der Waals surface area contributed by atoms with Crippen LogP contribution < -0.4 is 25.0 Å². The second-order valence-electron chi connectivity index (χ2n) is 11.1. The summed E-state index contributed by atoms with van der Waals surface area (Å²) in [6.45, 7) is 2.67. The van der Waals surface area contributed by atoms with E-state index in [1.807, 2.05) is 37.4 Å². The first-order valence-electron chi connectivity index (χ1n) is 13.6. The first kappa shape index (κ1) is 24.5. The van der Waals surface area contributed by atoms with Crippen molar-refractivity contribution in [2.24, 2.45) is 11.8 Å². The molecule has 3 aromatic carbocycles. The van der Waals surface area contributed by atoms with E-state index in [0.717, 1.165) is 22.0 Å². The fourth-order valence-electron chi connectivity index (χ4n) is 7.17. The van der Waals surface area contributed by atoms with Crippen molar-refractivity contribution >= 4 is 51.6 Å². The number of carbonyl (C=O) groups excluding carboxylic acids is 3. The maximum Gasteiger partial charge on any atom is 0.250 e. The van der Waals surface area contributed by atoms with Crippen LogP contribution in [0.2, 0.25) is 5.02 Å². The number of hydrogen-bond donors (Lipinski definition) is 3. The lowest BCUT2D eigenvalue weighted by atomic mass is 9.76. The molecule has 4 atom stereocenters. The molecule has 2 fully saturated rings. The summed E-state index contributed by atoms with van der Waals surface area (Å²) in [5, 5.41) is 8.00. The summed E-state index contributed by atoms with van der Waals surface area (Å²) in [5.41, 5.74) is 2.90. The van der Waals surface area contributed by atoms with Gasteiger partial charge in [-0.1, -0.05) is 29.8 Å². The molecular formula is C31H25ClN4O5. The van der Waals surface area contributed by atoms with Gasteiger partial charge in [-0.15, -0.1) is 0 Å². The van der Waals surface area contributed by atoms with Crippen LogP contribution in [0.5, 0.6) is 11.5 Å². The maximum atomic E-state index is 14.4. The molecule has 9 nitrogen and oxygen atoms in total. The number of H-pyrrole nitrogens is 1. The smallest absolute Gasteiger partial charge is 0.250 e. The minimum atomic E-state index is -1.46. The molecule has 206 valence electrons. The fraction of sp³-hybridized carbons (Fsp3) is 0.258. The Morgan fingerprint density at radius 3 is 2.66 bits per heavy atom. The molecule has 3 amide bonds. The van der Waals surface area contributed by atoms with Crippen molar-refractivity contribution < 1.29 is 23.9 Å². The van der Waals surface area contributed by atoms with E-state index in [1.54, 1.807) is 30.3 Å². The predicted molar refractivity (Wildman–Crippen MR) is 152 cm³/mol. The highest BCUT2D eigenvalue weighted by Crippen LogP contribution is 2.55. The molecule has 5 heterocycles. The summed E-state index contributed by atoms with van der Waals surface area (Å²) in [7, 11) is 0. The molecule has 0 radical (unpaired) electrons. The van der Waals surface area contributed by atoms with E-state index < -0.39 is 29.3 Å². The highest BCUT2D eigenvalue weighted by Gasteiger charge is 2.70. The Balaban J connectivity index is 1.28. The van der Waals surface area contributed by atoms with Crippen molar-refractivity contribution in [2.75, 3.05) is 23.4 Å². The number of para-hydroxylation sites is 1. The zero-order chi connectivity index (χ0) is 28.0. The second kappa shape index (κ2) is 8.58. The van der Waals surface area contributed by atoms with Crippen LogP contribution in [0.25, 0.3) is 10.9 Å². The van der Waals surface area contributed by atoms with Crippen LogP contribution >= 0.6 is 11.6 Å². The summed E-state index contributed by atoms with van der Waals surface area (Å²) >= 11 is 6.50. The SMILES string of the molecule is Cc1cc(Cl)cc2c1NC(=O)[C@]21N[C@@H](Cc2c[nH]c3ccccc23)[C@H]2C(=O)N(c3ccc4c(c3)OCCO4)C(=O)[C@@H]21. The van der Waals surface area contributed by atoms with Gasteiger partial charge in [0.1, 0.15) is 18.8 Å². The standard InChI is InChI=1S/C31H25ClN4O5/c1-15-10-17(32)12-20-27(15)34-30(39)31(20)26-25(22(35-31)11-16-14-33-21-5-3-2-4-19(16)21)28(37)36(29(26)38)18-6-7-23-24(13-18)41-9-8-40-23/h2-7,10,12-14,22,25-26,33,35H,8-9,11H2,1H3,(H,34,39)/t22-,25+,26+,31-/m0/s1. The Labute approximate surface area is 239 Å². The minimum absolute atomic E-state index is 0.356. The molecule has 8 rings (SSSR count). The van der Waals surface area contributed by atoms with Crippen molar-refractivity contribution in [3.8, 4) is 11.5 Å². The van der Waals surface area contributed by atoms with E-state index in [2.05, 4.69) is 15.6 Å². The number of nitrogens with one attached hydrogen (secondary N) is 3. The Bertz CT molecular complexity index is 1820. The van der Waals surface area contributed by atoms with E-state index in [1.165, 1.54) is 4.90 Å². The zero-order valence-electron chi connectivity index (χ0n) is 22.0. The Morgan fingerprint density at radius 1 is 1.00 bits per heavy atom. The van der Waals surface area contributed by atoms with E-state index in [9.17, 15) is 14.4 Å². The number of hydrogen-bond acceptors (Lipinski definition) is 6. The summed E-state index contributed by atoms with van der Waals surface area (Å²) < 4.78 is 11.4. The highest BCUT2D eigenvalue weighted by molar-refractivity contribution is 6.31. The van der Waals surface area contributed by atoms with Gasteiger partial charge in [-0.3, -0.25) is 19.7 Å². The molecule has 4 aliphatic heterocycles. The normalized spacial score (nSPS) is 26.1. The van der Waals surface area contributed by atoms with E-state index in [0.29, 0.717) is 53.1 Å². The molecule has 0 unspecified atom stereocenters. The number of anilines is 2. The van der Waals surface area contributed by atoms with E-state index in [-0.39, 0.29) is 11.8 Å². The summed E-state index contributed by atoms with van der Waals surface area (Å²) in [4.78, 5) is 47.1. The Morgan fingerprint density at radius 2 is 1.80 bits per heavy atom. The number of aromatic nitrogens is 1. The molecule has 4 aliphatic rings. The molecular weight excluding hydrogens is 544 g/mol. The number of nitrogens with zero attached hydrogens (tertiary/aromatic N) is 1. The lowest BCUT2D eigenvalue weighted by Gasteiger charge is -2.30. The molecule has 0 aliphatic carbocycles. The van der Waals surface area contributed by atoms with Gasteiger partial charge in [0.15, 0.2) is 11.5 Å². The molecule has 1 aromatic heterocycles. The van der Waals surface area contributed by atoms with Gasteiger partial charge in [0.2, 0.25) is 17.7 Å². The number of aryl methyl sites for hydroxylation is 1. The van der Waals surface area contributed by atoms with Crippen molar-refractivity contribution in [1.82, 2.24) is 10.3 Å². The first-order valence-corrected chi connectivity index (χ1v) is 14.0. The van der Waals surface area contributed by atoms with Crippen molar-refractivity contribution in [3.63, 3.8) is 0 Å². The number of halogens is 1. The predicted octanol–water partition coefficient (Wildman–Crippen LogP) is 4.07.